The van der Waals surface area contributed by atoms with Crippen molar-refractivity contribution in [2.45, 2.75) is 5.92 Å². The monoisotopic (exact) mass is 349 g/mol. The molecular formula is C15H16BrN3O2. The zero-order valence-electron chi connectivity index (χ0n) is 11.5. The molecule has 5 nitrogen and oxygen atoms in total. The standard InChI is InChI=1S/C15H16BrN3O2/c1-2-14(20)18-8-11(9-18)15(21)19-6-10(7-19)13-4-3-12(16)5-17-13/h2-5,10-11H,1,6-9H2. The first-order valence-corrected chi connectivity index (χ1v) is 7.69. The van der Waals surface area contributed by atoms with E-state index in [1.807, 2.05) is 17.0 Å². The molecule has 21 heavy (non-hydrogen) atoms. The molecule has 3 heterocycles. The van der Waals surface area contributed by atoms with Crippen molar-refractivity contribution in [2.24, 2.45) is 5.92 Å². The zero-order valence-corrected chi connectivity index (χ0v) is 13.1. The topological polar surface area (TPSA) is 53.5 Å². The maximum Gasteiger partial charge on any atom is 0.246 e. The molecule has 0 saturated carbocycles. The van der Waals surface area contributed by atoms with Crippen LogP contribution in [-0.2, 0) is 9.59 Å². The van der Waals surface area contributed by atoms with Crippen LogP contribution in [0.4, 0.5) is 0 Å². The second-order valence-corrected chi connectivity index (χ2v) is 6.40. The molecule has 2 aliphatic rings. The van der Waals surface area contributed by atoms with E-state index in [-0.39, 0.29) is 17.7 Å². The zero-order chi connectivity index (χ0) is 15.0. The van der Waals surface area contributed by atoms with Gasteiger partial charge in [0.1, 0.15) is 0 Å². The molecule has 3 rings (SSSR count). The van der Waals surface area contributed by atoms with Crippen molar-refractivity contribution in [3.63, 3.8) is 0 Å². The van der Waals surface area contributed by atoms with Crippen molar-refractivity contribution >= 4 is 27.7 Å². The highest BCUT2D eigenvalue weighted by Gasteiger charge is 2.41. The lowest BCUT2D eigenvalue weighted by Gasteiger charge is -2.45. The van der Waals surface area contributed by atoms with E-state index in [2.05, 4.69) is 27.5 Å². The summed E-state index contributed by atoms with van der Waals surface area (Å²) in [6, 6.07) is 3.96. The number of hydrogen-bond acceptors (Lipinski definition) is 3. The molecule has 0 spiro atoms. The van der Waals surface area contributed by atoms with E-state index in [9.17, 15) is 9.59 Å². The Balaban J connectivity index is 1.48. The van der Waals surface area contributed by atoms with Crippen molar-refractivity contribution in [1.29, 1.82) is 0 Å². The summed E-state index contributed by atoms with van der Waals surface area (Å²) in [6.07, 6.45) is 3.07. The first-order valence-electron chi connectivity index (χ1n) is 6.90. The Kier molecular flexibility index (Phi) is 3.80. The molecule has 1 aromatic rings. The lowest BCUT2D eigenvalue weighted by atomic mass is 9.91. The van der Waals surface area contributed by atoms with Gasteiger partial charge in [-0.15, -0.1) is 0 Å². The Morgan fingerprint density at radius 2 is 1.95 bits per heavy atom. The molecule has 0 radical (unpaired) electrons. The molecule has 0 aromatic carbocycles. The summed E-state index contributed by atoms with van der Waals surface area (Å²) in [6.45, 7) is 5.92. The van der Waals surface area contributed by atoms with Gasteiger partial charge in [0.15, 0.2) is 0 Å². The average molecular weight is 350 g/mol. The van der Waals surface area contributed by atoms with Gasteiger partial charge in [-0.05, 0) is 34.1 Å². The van der Waals surface area contributed by atoms with Crippen LogP contribution in [-0.4, -0.2) is 52.8 Å². The number of carbonyl (C=O) groups excluding carboxylic acids is 2. The largest absolute Gasteiger partial charge is 0.341 e. The Bertz CT molecular complexity index is 575. The summed E-state index contributed by atoms with van der Waals surface area (Å²) in [5.41, 5.74) is 1.03. The molecule has 2 aliphatic heterocycles. The maximum absolute atomic E-state index is 12.2. The van der Waals surface area contributed by atoms with Crippen LogP contribution >= 0.6 is 15.9 Å². The lowest BCUT2D eigenvalue weighted by molar-refractivity contribution is -0.149. The van der Waals surface area contributed by atoms with Gasteiger partial charge in [-0.25, -0.2) is 0 Å². The van der Waals surface area contributed by atoms with Crippen LogP contribution < -0.4 is 0 Å². The van der Waals surface area contributed by atoms with E-state index in [0.717, 1.165) is 23.3 Å². The smallest absolute Gasteiger partial charge is 0.246 e. The SMILES string of the molecule is C=CC(=O)N1CC(C(=O)N2CC(c3ccc(Br)cn3)C2)C1. The van der Waals surface area contributed by atoms with Gasteiger partial charge in [-0.3, -0.25) is 14.6 Å². The van der Waals surface area contributed by atoms with Crippen molar-refractivity contribution in [1.82, 2.24) is 14.8 Å². The van der Waals surface area contributed by atoms with Crippen LogP contribution in [0.3, 0.4) is 0 Å². The number of halogens is 1. The van der Waals surface area contributed by atoms with Crippen LogP contribution in [0.1, 0.15) is 11.6 Å². The van der Waals surface area contributed by atoms with E-state index in [1.54, 1.807) is 11.1 Å². The van der Waals surface area contributed by atoms with Crippen molar-refractivity contribution < 1.29 is 9.59 Å². The average Bonchev–Trinajstić information content (AvgIpc) is 2.37. The molecular weight excluding hydrogens is 334 g/mol. The highest BCUT2D eigenvalue weighted by atomic mass is 79.9. The van der Waals surface area contributed by atoms with Gasteiger partial charge in [0.25, 0.3) is 0 Å². The van der Waals surface area contributed by atoms with E-state index in [0.29, 0.717) is 19.0 Å². The number of rotatable bonds is 3. The fourth-order valence-corrected chi connectivity index (χ4v) is 2.91. The van der Waals surface area contributed by atoms with Crippen molar-refractivity contribution in [3.05, 3.63) is 41.2 Å². The first-order chi connectivity index (χ1) is 10.1. The van der Waals surface area contributed by atoms with Gasteiger partial charge in [0.2, 0.25) is 11.8 Å². The second kappa shape index (κ2) is 5.60. The fraction of sp³-hybridized carbons (Fsp3) is 0.400. The van der Waals surface area contributed by atoms with E-state index >= 15 is 0 Å². The van der Waals surface area contributed by atoms with Crippen molar-refractivity contribution in [2.75, 3.05) is 26.2 Å². The minimum absolute atomic E-state index is 0.0484. The quantitative estimate of drug-likeness (QED) is 0.775. The third kappa shape index (κ3) is 2.72. The lowest BCUT2D eigenvalue weighted by Crippen LogP contribution is -2.59. The number of carbonyl (C=O) groups is 2. The molecule has 2 saturated heterocycles. The minimum Gasteiger partial charge on any atom is -0.341 e. The highest BCUT2D eigenvalue weighted by Crippen LogP contribution is 2.29. The molecule has 110 valence electrons. The van der Waals surface area contributed by atoms with Gasteiger partial charge in [-0.1, -0.05) is 6.58 Å². The summed E-state index contributed by atoms with van der Waals surface area (Å²) >= 11 is 3.36. The number of aromatic nitrogens is 1. The number of nitrogens with zero attached hydrogens (tertiary/aromatic N) is 3. The summed E-state index contributed by atoms with van der Waals surface area (Å²) in [7, 11) is 0. The second-order valence-electron chi connectivity index (χ2n) is 5.49. The molecule has 6 heteroatoms. The van der Waals surface area contributed by atoms with Gasteiger partial charge < -0.3 is 9.80 Å². The number of pyridine rings is 1. The number of hydrogen-bond donors (Lipinski definition) is 0. The fourth-order valence-electron chi connectivity index (χ4n) is 2.68. The van der Waals surface area contributed by atoms with E-state index in [1.165, 1.54) is 6.08 Å². The van der Waals surface area contributed by atoms with Crippen LogP contribution in [0.25, 0.3) is 0 Å². The molecule has 0 atom stereocenters. The van der Waals surface area contributed by atoms with Crippen LogP contribution in [0, 0.1) is 5.92 Å². The van der Waals surface area contributed by atoms with Gasteiger partial charge in [0, 0.05) is 48.5 Å². The van der Waals surface area contributed by atoms with Crippen LogP contribution in [0.15, 0.2) is 35.5 Å². The molecule has 0 unspecified atom stereocenters. The summed E-state index contributed by atoms with van der Waals surface area (Å²) in [5, 5.41) is 0. The van der Waals surface area contributed by atoms with Crippen LogP contribution in [0.2, 0.25) is 0 Å². The molecule has 0 aliphatic carbocycles. The third-order valence-electron chi connectivity index (χ3n) is 4.08. The Morgan fingerprint density at radius 3 is 2.52 bits per heavy atom. The molecule has 0 N–H and O–H groups in total. The predicted molar refractivity (Wildman–Crippen MR) is 81.5 cm³/mol. The van der Waals surface area contributed by atoms with E-state index in [4.69, 9.17) is 0 Å². The minimum atomic E-state index is -0.0976. The van der Waals surface area contributed by atoms with Crippen molar-refractivity contribution in [3.8, 4) is 0 Å². The molecule has 1 aromatic heterocycles. The third-order valence-corrected chi connectivity index (χ3v) is 4.55. The summed E-state index contributed by atoms with van der Waals surface area (Å²) in [5.74, 6) is 0.330. The van der Waals surface area contributed by atoms with Gasteiger partial charge in [0.05, 0.1) is 5.92 Å². The predicted octanol–water partition coefficient (Wildman–Crippen LogP) is 1.41. The highest BCUT2D eigenvalue weighted by molar-refractivity contribution is 9.10. The van der Waals surface area contributed by atoms with Gasteiger partial charge in [-0.2, -0.15) is 0 Å². The molecule has 2 amide bonds. The van der Waals surface area contributed by atoms with Crippen LogP contribution in [0.5, 0.6) is 0 Å². The Morgan fingerprint density at radius 1 is 1.24 bits per heavy atom. The van der Waals surface area contributed by atoms with Gasteiger partial charge >= 0.3 is 0 Å². The first kappa shape index (κ1) is 14.3. The molecule has 2 fully saturated rings. The Labute approximate surface area is 131 Å². The van der Waals surface area contributed by atoms with E-state index < -0.39 is 0 Å². The normalized spacial score (nSPS) is 18.9. The maximum atomic E-state index is 12.2. The summed E-state index contributed by atoms with van der Waals surface area (Å²) in [4.78, 5) is 31.4. The summed E-state index contributed by atoms with van der Waals surface area (Å²) < 4.78 is 0.958. The molecule has 0 bridgehead atoms. The number of likely N-dealkylation sites (tertiary alicyclic amines) is 2. The number of amides is 2. The Hall–Kier alpha value is -1.69.